The van der Waals surface area contributed by atoms with Gasteiger partial charge in [0.1, 0.15) is 5.25 Å². The summed E-state index contributed by atoms with van der Waals surface area (Å²) in [6.45, 7) is 0. The molecule has 0 spiro atoms. The Bertz CT molecular complexity index is 468. The van der Waals surface area contributed by atoms with Gasteiger partial charge in [0.25, 0.3) is 10.1 Å². The zero-order valence-corrected chi connectivity index (χ0v) is 12.1. The van der Waals surface area contributed by atoms with Gasteiger partial charge in [0.05, 0.1) is 18.8 Å². The minimum absolute atomic E-state index is 0. The van der Waals surface area contributed by atoms with Gasteiger partial charge in [-0.2, -0.15) is 8.42 Å². The van der Waals surface area contributed by atoms with E-state index in [1.807, 2.05) is 0 Å². The summed E-state index contributed by atoms with van der Waals surface area (Å²) in [6.07, 6.45) is -1.92. The minimum Gasteiger partial charge on any atom is -0.550 e. The maximum absolute atomic E-state index is 10.2. The smallest absolute Gasteiger partial charge is 0.550 e. The first-order valence-corrected chi connectivity index (χ1v) is 6.18. The average molecular weight is 369 g/mol. The normalized spacial score (nSPS) is 11.1. The summed E-state index contributed by atoms with van der Waals surface area (Å²) in [5.41, 5.74) is 0. The monoisotopic (exact) mass is 369 g/mol. The Morgan fingerprint density at radius 1 is 0.952 bits per heavy atom. The molecule has 0 aromatic carbocycles. The van der Waals surface area contributed by atoms with Crippen LogP contribution in [0.25, 0.3) is 0 Å². The van der Waals surface area contributed by atoms with Gasteiger partial charge < -0.3 is 30.0 Å². The predicted molar refractivity (Wildman–Crippen MR) is 54.5 cm³/mol. The Morgan fingerprint density at radius 2 is 1.29 bits per heavy atom. The van der Waals surface area contributed by atoms with Crippen molar-refractivity contribution in [2.75, 3.05) is 0 Å². The number of hydrogen-bond donors (Lipinski definition) is 3. The molecule has 0 saturated heterocycles. The summed E-state index contributed by atoms with van der Waals surface area (Å²) < 4.78 is 28.5. The van der Waals surface area contributed by atoms with E-state index in [0.717, 1.165) is 0 Å². The van der Waals surface area contributed by atoms with E-state index in [9.17, 15) is 37.8 Å². The van der Waals surface area contributed by atoms with Gasteiger partial charge in [0.15, 0.2) is 0 Å². The third kappa shape index (κ3) is 16.3. The van der Waals surface area contributed by atoms with Gasteiger partial charge in [-0.15, -0.1) is 0 Å². The largest absolute Gasteiger partial charge is 2.00 e. The molecule has 0 saturated carbocycles. The van der Waals surface area contributed by atoms with Crippen molar-refractivity contribution in [1.82, 2.24) is 0 Å². The molecular weight excluding hydrogens is 359 g/mol. The topological polar surface area (TPSA) is 209 Å². The van der Waals surface area contributed by atoms with Gasteiger partial charge in [-0.25, -0.2) is 0 Å². The number of carbonyl (C=O) groups is 4. The van der Waals surface area contributed by atoms with Gasteiger partial charge in [0.2, 0.25) is 0 Å². The quantitative estimate of drug-likeness (QED) is 0.291. The Morgan fingerprint density at radius 3 is 1.38 bits per heavy atom. The first-order chi connectivity index (χ1) is 8.87. The van der Waals surface area contributed by atoms with Crippen LogP contribution in [0.5, 0.6) is 0 Å². The van der Waals surface area contributed by atoms with Crippen molar-refractivity contribution >= 4 is 34.0 Å². The molecule has 0 rings (SSSR count). The Balaban J connectivity index is -0.000000317. The van der Waals surface area contributed by atoms with Crippen molar-refractivity contribution in [2.45, 2.75) is 24.5 Å². The van der Waals surface area contributed by atoms with E-state index in [2.05, 4.69) is 0 Å². The zero-order valence-electron chi connectivity index (χ0n) is 10.1. The molecule has 1 radical (unpaired) electrons. The van der Waals surface area contributed by atoms with Gasteiger partial charge in [-0.1, -0.05) is 0 Å². The number of rotatable bonds is 7. The van der Waals surface area contributed by atoms with Gasteiger partial charge in [-0.05, 0) is 0 Å². The van der Waals surface area contributed by atoms with Crippen molar-refractivity contribution in [2.24, 2.45) is 0 Å². The molecular formula is C8H10MnO11S. The van der Waals surface area contributed by atoms with Gasteiger partial charge >= 0.3 is 29.0 Å². The van der Waals surface area contributed by atoms with Crippen LogP contribution in [0.3, 0.4) is 0 Å². The molecule has 0 amide bonds. The molecule has 3 N–H and O–H groups in total. The minimum atomic E-state index is -4.94. The van der Waals surface area contributed by atoms with E-state index < -0.39 is 45.7 Å². The van der Waals surface area contributed by atoms with Crippen LogP contribution < -0.4 is 10.2 Å². The SMILES string of the molecule is O=C(O)CCC(=O)O.O=C([O-])CC(C(=O)[O-])S(=O)(=O)O.[Mn+2]. The fourth-order valence-corrected chi connectivity index (χ4v) is 1.27. The molecule has 0 aromatic rings. The number of carbonyl (C=O) groups excluding carboxylic acids is 2. The van der Waals surface area contributed by atoms with E-state index in [0.29, 0.717) is 0 Å². The van der Waals surface area contributed by atoms with E-state index in [-0.39, 0.29) is 29.9 Å². The van der Waals surface area contributed by atoms with E-state index in [1.54, 1.807) is 0 Å². The first-order valence-electron chi connectivity index (χ1n) is 4.68. The predicted octanol–water partition coefficient (Wildman–Crippen LogP) is -3.93. The summed E-state index contributed by atoms with van der Waals surface area (Å²) >= 11 is 0. The van der Waals surface area contributed by atoms with Crippen LogP contribution in [-0.2, 0) is 46.4 Å². The van der Waals surface area contributed by atoms with Crippen molar-refractivity contribution in [3.8, 4) is 0 Å². The van der Waals surface area contributed by atoms with Crippen LogP contribution in [0, 0.1) is 0 Å². The second-order valence-electron chi connectivity index (χ2n) is 3.19. The van der Waals surface area contributed by atoms with Crippen molar-refractivity contribution < 1.29 is 69.6 Å². The Hall–Kier alpha value is -1.69. The molecule has 0 aliphatic rings. The van der Waals surface area contributed by atoms with Crippen LogP contribution in [0.4, 0.5) is 0 Å². The molecule has 11 nitrogen and oxygen atoms in total. The van der Waals surface area contributed by atoms with Crippen molar-refractivity contribution in [1.29, 1.82) is 0 Å². The fraction of sp³-hybridized carbons (Fsp3) is 0.500. The molecule has 0 aromatic heterocycles. The number of carboxylic acids is 4. The number of carboxylic acid groups (broad SMARTS) is 4. The van der Waals surface area contributed by atoms with Crippen molar-refractivity contribution in [3.63, 3.8) is 0 Å². The van der Waals surface area contributed by atoms with Crippen LogP contribution in [0.1, 0.15) is 19.3 Å². The first kappa shape index (κ1) is 24.3. The second kappa shape index (κ2) is 11.0. The molecule has 0 aliphatic heterocycles. The van der Waals surface area contributed by atoms with Crippen LogP contribution in [0.2, 0.25) is 0 Å². The average Bonchev–Trinajstić information content (AvgIpc) is 2.22. The van der Waals surface area contributed by atoms with E-state index in [1.165, 1.54) is 0 Å². The summed E-state index contributed by atoms with van der Waals surface area (Å²) in [4.78, 5) is 39.0. The zero-order chi connectivity index (χ0) is 16.5. The van der Waals surface area contributed by atoms with E-state index >= 15 is 0 Å². The van der Waals surface area contributed by atoms with Gasteiger partial charge in [0, 0.05) is 12.4 Å². The number of aliphatic carboxylic acids is 4. The molecule has 0 aliphatic carbocycles. The van der Waals surface area contributed by atoms with Crippen LogP contribution in [-0.4, -0.2) is 52.3 Å². The summed E-state index contributed by atoms with van der Waals surface area (Å²) in [5.74, 6) is -6.23. The molecule has 13 heteroatoms. The maximum atomic E-state index is 10.2. The Labute approximate surface area is 128 Å². The fourth-order valence-electron chi connectivity index (χ4n) is 0.675. The van der Waals surface area contributed by atoms with Gasteiger partial charge in [-0.3, -0.25) is 14.1 Å². The van der Waals surface area contributed by atoms with Crippen LogP contribution in [0.15, 0.2) is 0 Å². The second-order valence-corrected chi connectivity index (χ2v) is 4.79. The number of hydrogen-bond acceptors (Lipinski definition) is 8. The molecule has 0 bridgehead atoms. The summed E-state index contributed by atoms with van der Waals surface area (Å²) in [7, 11) is -4.94. The Kier molecular flexibility index (Phi) is 12.8. The summed E-state index contributed by atoms with van der Waals surface area (Å²) in [5, 5.41) is 33.1. The molecule has 21 heavy (non-hydrogen) atoms. The molecule has 1 unspecified atom stereocenters. The molecule has 1 atom stereocenters. The standard InChI is InChI=1S/C4H6O7S.C4H6O4.Mn/c5-3(6)1-2(4(7)8)12(9,10)11;5-3(6)1-2-4(7)8;/h2H,1H2,(H,5,6)(H,7,8)(H,9,10,11);1-2H2,(H,5,6)(H,7,8);/q;;+2/p-2. The summed E-state index contributed by atoms with van der Waals surface area (Å²) in [6, 6.07) is 0. The third-order valence-electron chi connectivity index (χ3n) is 1.53. The third-order valence-corrected chi connectivity index (χ3v) is 2.61. The molecule has 0 fully saturated rings. The molecule has 121 valence electrons. The van der Waals surface area contributed by atoms with E-state index in [4.69, 9.17) is 14.8 Å². The van der Waals surface area contributed by atoms with Crippen molar-refractivity contribution in [3.05, 3.63) is 0 Å². The maximum Gasteiger partial charge on any atom is 2.00 e. The molecule has 0 heterocycles. The van der Waals surface area contributed by atoms with Crippen LogP contribution >= 0.6 is 0 Å².